The van der Waals surface area contributed by atoms with Gasteiger partial charge in [-0.3, -0.25) is 4.79 Å². The maximum absolute atomic E-state index is 12.5. The van der Waals surface area contributed by atoms with Crippen LogP contribution in [0.3, 0.4) is 0 Å². The molecule has 0 spiro atoms. The van der Waals surface area contributed by atoms with Crippen molar-refractivity contribution in [3.8, 4) is 5.75 Å². The molecule has 0 fully saturated rings. The maximum Gasteiger partial charge on any atom is 0.265 e. The van der Waals surface area contributed by atoms with Gasteiger partial charge in [-0.05, 0) is 61.5 Å². The van der Waals surface area contributed by atoms with Gasteiger partial charge in [-0.1, -0.05) is 17.7 Å². The molecule has 0 radical (unpaired) electrons. The Morgan fingerprint density at radius 2 is 1.90 bits per heavy atom. The first-order chi connectivity index (χ1) is 13.8. The smallest absolute Gasteiger partial charge is 0.265 e. The van der Waals surface area contributed by atoms with E-state index in [-0.39, 0.29) is 11.4 Å². The van der Waals surface area contributed by atoms with Gasteiger partial charge in [0.25, 0.3) is 5.91 Å². The van der Waals surface area contributed by atoms with Crippen molar-refractivity contribution in [3.63, 3.8) is 0 Å². The zero-order valence-electron chi connectivity index (χ0n) is 15.5. The van der Waals surface area contributed by atoms with E-state index in [0.717, 1.165) is 0 Å². The number of anilines is 1. The molecule has 0 bridgehead atoms. The van der Waals surface area contributed by atoms with E-state index in [1.165, 1.54) is 18.4 Å². The van der Waals surface area contributed by atoms with Crippen LogP contribution < -0.4 is 14.8 Å². The predicted molar refractivity (Wildman–Crippen MR) is 109 cm³/mol. The van der Waals surface area contributed by atoms with Gasteiger partial charge < -0.3 is 14.5 Å². The van der Waals surface area contributed by atoms with Crippen molar-refractivity contribution in [3.05, 3.63) is 77.7 Å². The lowest BCUT2D eigenvalue weighted by Gasteiger charge is -2.15. The van der Waals surface area contributed by atoms with Crippen LogP contribution in [0, 0.1) is 0 Å². The lowest BCUT2D eigenvalue weighted by Crippen LogP contribution is -2.30. The van der Waals surface area contributed by atoms with Crippen molar-refractivity contribution in [2.45, 2.75) is 24.5 Å². The van der Waals surface area contributed by atoms with Crippen LogP contribution in [0.4, 0.5) is 5.69 Å². The fourth-order valence-electron chi connectivity index (χ4n) is 2.42. The summed E-state index contributed by atoms with van der Waals surface area (Å²) in [5.74, 6) is 0.569. The lowest BCUT2D eigenvalue weighted by molar-refractivity contribution is -0.122. The normalized spacial score (nSPS) is 12.3. The second kappa shape index (κ2) is 9.13. The summed E-state index contributed by atoms with van der Waals surface area (Å²) in [5.41, 5.74) is 0.336. The third-order valence-corrected chi connectivity index (χ3v) is 5.58. The van der Waals surface area contributed by atoms with Crippen molar-refractivity contribution in [2.24, 2.45) is 0 Å². The number of ether oxygens (including phenoxy) is 1. The van der Waals surface area contributed by atoms with Crippen LogP contribution in [0.1, 0.15) is 12.7 Å². The summed E-state index contributed by atoms with van der Waals surface area (Å²) in [6.45, 7) is 1.62. The summed E-state index contributed by atoms with van der Waals surface area (Å²) >= 11 is 5.83. The zero-order valence-corrected chi connectivity index (χ0v) is 17.0. The molecule has 0 saturated carbocycles. The van der Waals surface area contributed by atoms with E-state index < -0.39 is 22.0 Å². The molecular weight excluding hydrogens is 416 g/mol. The molecule has 3 rings (SSSR count). The highest BCUT2D eigenvalue weighted by atomic mass is 35.5. The molecule has 9 heteroatoms. The SMILES string of the molecule is CC(Oc1ccc(Cl)cc1)C(=O)Nc1cccc(S(=O)(=O)NCc2ccco2)c1. The largest absolute Gasteiger partial charge is 0.481 e. The molecule has 2 aromatic carbocycles. The molecule has 0 aliphatic rings. The number of hydrogen-bond acceptors (Lipinski definition) is 5. The van der Waals surface area contributed by atoms with Crippen LogP contribution >= 0.6 is 11.6 Å². The second-order valence-electron chi connectivity index (χ2n) is 6.13. The molecule has 1 unspecified atom stereocenters. The maximum atomic E-state index is 12.5. The van der Waals surface area contributed by atoms with Crippen molar-refractivity contribution >= 4 is 33.2 Å². The van der Waals surface area contributed by atoms with Crippen LogP contribution in [-0.4, -0.2) is 20.4 Å². The summed E-state index contributed by atoms with van der Waals surface area (Å²) in [5, 5.41) is 3.22. The Balaban J connectivity index is 1.63. The van der Waals surface area contributed by atoms with Gasteiger partial charge in [0.2, 0.25) is 10.0 Å². The molecule has 1 aromatic heterocycles. The number of rotatable bonds is 8. The highest BCUT2D eigenvalue weighted by molar-refractivity contribution is 7.89. The number of nitrogens with one attached hydrogen (secondary N) is 2. The molecular formula is C20H19ClN2O5S. The summed E-state index contributed by atoms with van der Waals surface area (Å²) in [6, 6.07) is 15.9. The molecule has 1 atom stereocenters. The van der Waals surface area contributed by atoms with Gasteiger partial charge in [-0.25, -0.2) is 13.1 Å². The third kappa shape index (κ3) is 5.83. The second-order valence-corrected chi connectivity index (χ2v) is 8.34. The predicted octanol–water partition coefficient (Wildman–Crippen LogP) is 3.82. The fraction of sp³-hybridized carbons (Fsp3) is 0.150. The van der Waals surface area contributed by atoms with Gasteiger partial charge in [0.1, 0.15) is 11.5 Å². The van der Waals surface area contributed by atoms with E-state index >= 15 is 0 Å². The van der Waals surface area contributed by atoms with Crippen molar-refractivity contribution < 1.29 is 22.4 Å². The van der Waals surface area contributed by atoms with E-state index in [9.17, 15) is 13.2 Å². The topological polar surface area (TPSA) is 97.6 Å². The monoisotopic (exact) mass is 434 g/mol. The van der Waals surface area contributed by atoms with Crippen molar-refractivity contribution in [1.82, 2.24) is 4.72 Å². The number of sulfonamides is 1. The van der Waals surface area contributed by atoms with Crippen LogP contribution in [0.15, 0.2) is 76.2 Å². The molecule has 1 amide bonds. The number of halogens is 1. The van der Waals surface area contributed by atoms with Crippen molar-refractivity contribution in [2.75, 3.05) is 5.32 Å². The summed E-state index contributed by atoms with van der Waals surface area (Å²) in [4.78, 5) is 12.4. The molecule has 29 heavy (non-hydrogen) atoms. The average molecular weight is 435 g/mol. The number of amides is 1. The van der Waals surface area contributed by atoms with Crippen LogP contribution in [0.5, 0.6) is 5.75 Å². The first-order valence-electron chi connectivity index (χ1n) is 8.69. The average Bonchev–Trinajstić information content (AvgIpc) is 3.22. The highest BCUT2D eigenvalue weighted by Gasteiger charge is 2.18. The molecule has 152 valence electrons. The first kappa shape index (κ1) is 20.9. The summed E-state index contributed by atoms with van der Waals surface area (Å²) in [7, 11) is -3.77. The Kier molecular flexibility index (Phi) is 6.58. The molecule has 2 N–H and O–H groups in total. The zero-order chi connectivity index (χ0) is 20.9. The molecule has 7 nitrogen and oxygen atoms in total. The Morgan fingerprint density at radius 3 is 2.59 bits per heavy atom. The number of carbonyl (C=O) groups is 1. The highest BCUT2D eigenvalue weighted by Crippen LogP contribution is 2.19. The van der Waals surface area contributed by atoms with E-state index in [1.54, 1.807) is 55.5 Å². The Hall–Kier alpha value is -2.81. The number of furan rings is 1. The fourth-order valence-corrected chi connectivity index (χ4v) is 3.58. The summed E-state index contributed by atoms with van der Waals surface area (Å²) < 4.78 is 38.1. The minimum Gasteiger partial charge on any atom is -0.481 e. The molecule has 3 aromatic rings. The minimum atomic E-state index is -3.77. The van der Waals surface area contributed by atoms with E-state index in [1.807, 2.05) is 0 Å². The van der Waals surface area contributed by atoms with Gasteiger partial charge in [0.05, 0.1) is 17.7 Å². The van der Waals surface area contributed by atoms with Gasteiger partial charge in [0.15, 0.2) is 6.10 Å². The van der Waals surface area contributed by atoms with Gasteiger partial charge in [-0.15, -0.1) is 0 Å². The molecule has 0 aliphatic carbocycles. The quantitative estimate of drug-likeness (QED) is 0.561. The Labute approximate surface area is 173 Å². The van der Waals surface area contributed by atoms with Gasteiger partial charge in [0, 0.05) is 10.7 Å². The summed E-state index contributed by atoms with van der Waals surface area (Å²) in [6.07, 6.45) is 0.668. The van der Waals surface area contributed by atoms with Crippen LogP contribution in [0.25, 0.3) is 0 Å². The third-order valence-electron chi connectivity index (χ3n) is 3.92. The molecule has 1 heterocycles. The standard InChI is InChI=1S/C20H19ClN2O5S/c1-14(28-17-9-7-15(21)8-10-17)20(24)23-16-4-2-6-19(12-16)29(25,26)22-13-18-5-3-11-27-18/h2-12,14,22H,13H2,1H3,(H,23,24). The molecule has 0 saturated heterocycles. The van der Waals surface area contributed by atoms with Gasteiger partial charge in [-0.2, -0.15) is 0 Å². The lowest BCUT2D eigenvalue weighted by atomic mass is 10.3. The number of hydrogen-bond donors (Lipinski definition) is 2. The minimum absolute atomic E-state index is 0.0214. The van der Waals surface area contributed by atoms with E-state index in [4.69, 9.17) is 20.8 Å². The van der Waals surface area contributed by atoms with E-state index in [0.29, 0.717) is 22.2 Å². The Morgan fingerprint density at radius 1 is 1.14 bits per heavy atom. The number of benzene rings is 2. The number of carbonyl (C=O) groups excluding carboxylic acids is 1. The van der Waals surface area contributed by atoms with Crippen LogP contribution in [0.2, 0.25) is 5.02 Å². The van der Waals surface area contributed by atoms with Gasteiger partial charge >= 0.3 is 0 Å². The molecule has 0 aliphatic heterocycles. The first-order valence-corrected chi connectivity index (χ1v) is 10.5. The van der Waals surface area contributed by atoms with E-state index in [2.05, 4.69) is 10.0 Å². The van der Waals surface area contributed by atoms with Crippen molar-refractivity contribution in [1.29, 1.82) is 0 Å². The van der Waals surface area contributed by atoms with Crippen LogP contribution in [-0.2, 0) is 21.4 Å². The Bertz CT molecular complexity index is 1070.